The summed E-state index contributed by atoms with van der Waals surface area (Å²) in [6.45, 7) is 2.70. The highest BCUT2D eigenvalue weighted by Gasteiger charge is 2.41. The number of halogens is 2. The van der Waals surface area contributed by atoms with Gasteiger partial charge in [-0.3, -0.25) is 14.5 Å². The van der Waals surface area contributed by atoms with Gasteiger partial charge in [0.1, 0.15) is 5.82 Å². The van der Waals surface area contributed by atoms with Crippen LogP contribution in [0.15, 0.2) is 35.2 Å². The number of likely N-dealkylation sites (tertiary alicyclic amines) is 1. The molecule has 2 aliphatic rings. The Hall–Kier alpha value is -1.61. The first-order valence-electron chi connectivity index (χ1n) is 9.70. The number of carbonyl (C=O) groups excluding carboxylic acids is 2. The van der Waals surface area contributed by atoms with Gasteiger partial charge in [0.15, 0.2) is 10.9 Å². The zero-order valence-electron chi connectivity index (χ0n) is 16.5. The molecule has 2 heterocycles. The van der Waals surface area contributed by atoms with Crippen LogP contribution in [0.25, 0.3) is 6.08 Å². The molecular formula is C21H23ClFN3O2S2. The number of thioether (sulfide) groups is 1. The Balaban J connectivity index is 0.00000256. The van der Waals surface area contributed by atoms with Crippen molar-refractivity contribution in [2.24, 2.45) is 5.92 Å². The number of hydrogen-bond acceptors (Lipinski definition) is 7. The van der Waals surface area contributed by atoms with Crippen LogP contribution in [0.1, 0.15) is 43.5 Å². The predicted octanol–water partition coefficient (Wildman–Crippen LogP) is 4.56. The molecule has 0 bridgehead atoms. The number of rotatable bonds is 6. The van der Waals surface area contributed by atoms with Crippen LogP contribution in [0.4, 0.5) is 4.39 Å². The van der Waals surface area contributed by atoms with Crippen molar-refractivity contribution in [3.05, 3.63) is 52.3 Å². The second kappa shape index (κ2) is 10.1. The van der Waals surface area contributed by atoms with Crippen molar-refractivity contribution in [1.29, 1.82) is 0 Å². The third kappa shape index (κ3) is 5.35. The Kier molecular flexibility index (Phi) is 7.79. The van der Waals surface area contributed by atoms with E-state index in [0.717, 1.165) is 30.5 Å². The molecule has 1 aromatic heterocycles. The maximum absolute atomic E-state index is 14.6. The minimum absolute atomic E-state index is 0. The molecule has 2 unspecified atom stereocenters. The summed E-state index contributed by atoms with van der Waals surface area (Å²) >= 11 is 2.58. The lowest BCUT2D eigenvalue weighted by Gasteiger charge is -2.38. The first-order valence-corrected chi connectivity index (χ1v) is 11.4. The number of hydrogen-bond donors (Lipinski definition) is 0. The predicted molar refractivity (Wildman–Crippen MR) is 120 cm³/mol. The number of Topliss-reactive ketones (excluding diaryl/α,β-unsaturated/α-hetero) is 1. The minimum Gasteiger partial charge on any atom is -0.297 e. The Labute approximate surface area is 189 Å². The van der Waals surface area contributed by atoms with Crippen LogP contribution in [0, 0.1) is 11.7 Å². The van der Waals surface area contributed by atoms with Gasteiger partial charge in [-0.15, -0.1) is 17.5 Å². The van der Waals surface area contributed by atoms with Crippen molar-refractivity contribution in [1.82, 2.24) is 14.5 Å². The van der Waals surface area contributed by atoms with E-state index in [1.165, 1.54) is 29.4 Å². The van der Waals surface area contributed by atoms with E-state index < -0.39 is 6.04 Å². The van der Waals surface area contributed by atoms with Crippen molar-refractivity contribution in [2.75, 3.05) is 13.1 Å². The van der Waals surface area contributed by atoms with Gasteiger partial charge in [0, 0.05) is 42.1 Å². The third-order valence-electron chi connectivity index (χ3n) is 5.31. The molecule has 2 aromatic rings. The van der Waals surface area contributed by atoms with Crippen molar-refractivity contribution in [2.45, 2.75) is 37.5 Å². The van der Waals surface area contributed by atoms with Gasteiger partial charge < -0.3 is 0 Å². The van der Waals surface area contributed by atoms with Crippen LogP contribution in [0.2, 0.25) is 0 Å². The molecule has 1 aliphatic carbocycles. The second-order valence-electron chi connectivity index (χ2n) is 7.51. The number of nitrogens with zero attached hydrogens (tertiary/aromatic N) is 3. The lowest BCUT2D eigenvalue weighted by molar-refractivity contribution is -0.126. The molecule has 9 heteroatoms. The molecule has 2 fully saturated rings. The topological polar surface area (TPSA) is 63.2 Å². The quantitative estimate of drug-likeness (QED) is 0.620. The fraction of sp³-hybridized carbons (Fsp3) is 0.429. The highest BCUT2D eigenvalue weighted by atomic mass is 35.5. The van der Waals surface area contributed by atoms with E-state index in [9.17, 15) is 14.0 Å². The lowest BCUT2D eigenvalue weighted by Crippen LogP contribution is -2.43. The van der Waals surface area contributed by atoms with Crippen LogP contribution in [-0.4, -0.2) is 43.7 Å². The molecule has 1 aliphatic heterocycles. The van der Waals surface area contributed by atoms with E-state index in [-0.39, 0.29) is 40.3 Å². The Bertz CT molecular complexity index is 934. The summed E-state index contributed by atoms with van der Waals surface area (Å²) in [6, 6.07) is 5.96. The number of carbonyl (C=O) groups is 2. The smallest absolute Gasteiger partial charge is 0.186 e. The zero-order valence-corrected chi connectivity index (χ0v) is 18.9. The van der Waals surface area contributed by atoms with Gasteiger partial charge in [0.05, 0.1) is 11.7 Å². The van der Waals surface area contributed by atoms with Gasteiger partial charge in [0.2, 0.25) is 0 Å². The molecule has 160 valence electrons. The van der Waals surface area contributed by atoms with E-state index in [1.807, 2.05) is 11.5 Å². The Morgan fingerprint density at radius 1 is 1.30 bits per heavy atom. The van der Waals surface area contributed by atoms with Gasteiger partial charge in [-0.05, 0) is 48.5 Å². The van der Waals surface area contributed by atoms with Crippen LogP contribution in [-0.2, 0) is 9.59 Å². The average molecular weight is 468 g/mol. The van der Waals surface area contributed by atoms with Crippen LogP contribution in [0.3, 0.4) is 0 Å². The maximum atomic E-state index is 14.6. The average Bonchev–Trinajstić information content (AvgIpc) is 3.42. The van der Waals surface area contributed by atoms with Gasteiger partial charge >= 0.3 is 0 Å². The van der Waals surface area contributed by atoms with Gasteiger partial charge in [-0.2, -0.15) is 0 Å². The monoisotopic (exact) mass is 467 g/mol. The molecule has 0 amide bonds. The molecular weight excluding hydrogens is 445 g/mol. The first kappa shape index (κ1) is 23.1. The normalized spacial score (nSPS) is 21.8. The summed E-state index contributed by atoms with van der Waals surface area (Å²) < 4.78 is 18.5. The summed E-state index contributed by atoms with van der Waals surface area (Å²) in [7, 11) is 0. The summed E-state index contributed by atoms with van der Waals surface area (Å²) in [5.74, 6) is -0.220. The molecule has 1 saturated heterocycles. The minimum atomic E-state index is -0.594. The molecule has 2 atom stereocenters. The summed E-state index contributed by atoms with van der Waals surface area (Å²) in [6.07, 6.45) is 4.44. The van der Waals surface area contributed by atoms with E-state index in [4.69, 9.17) is 0 Å². The van der Waals surface area contributed by atoms with Gasteiger partial charge in [-0.1, -0.05) is 34.4 Å². The SMILES string of the molecule is CC(=O)SC1CCN(C(C(=O)C2CC2)c2ccccc2F)C/C1=C\c1csnn1.Cl. The van der Waals surface area contributed by atoms with Crippen molar-refractivity contribution in [3.8, 4) is 0 Å². The fourth-order valence-electron chi connectivity index (χ4n) is 3.82. The van der Waals surface area contributed by atoms with Crippen LogP contribution < -0.4 is 0 Å². The van der Waals surface area contributed by atoms with E-state index in [1.54, 1.807) is 25.1 Å². The molecule has 0 N–H and O–H groups in total. The summed E-state index contributed by atoms with van der Waals surface area (Å²) in [5.41, 5.74) is 2.21. The van der Waals surface area contributed by atoms with Crippen molar-refractivity contribution >= 4 is 52.7 Å². The number of aromatic nitrogens is 2. The molecule has 1 saturated carbocycles. The number of ketones is 1. The maximum Gasteiger partial charge on any atom is 0.186 e. The molecule has 0 radical (unpaired) electrons. The van der Waals surface area contributed by atoms with Crippen molar-refractivity contribution in [3.63, 3.8) is 0 Å². The van der Waals surface area contributed by atoms with Crippen LogP contribution >= 0.6 is 35.7 Å². The second-order valence-corrected chi connectivity index (χ2v) is 9.50. The largest absolute Gasteiger partial charge is 0.297 e. The van der Waals surface area contributed by atoms with Crippen LogP contribution in [0.5, 0.6) is 0 Å². The first-order chi connectivity index (χ1) is 14.0. The lowest BCUT2D eigenvalue weighted by atomic mass is 9.93. The molecule has 0 spiro atoms. The van der Waals surface area contributed by atoms with E-state index in [0.29, 0.717) is 18.7 Å². The zero-order chi connectivity index (χ0) is 20.4. The number of benzene rings is 1. The molecule has 5 nitrogen and oxygen atoms in total. The van der Waals surface area contributed by atoms with E-state index in [2.05, 4.69) is 14.5 Å². The van der Waals surface area contributed by atoms with Gasteiger partial charge in [0.25, 0.3) is 0 Å². The number of piperidine rings is 1. The highest BCUT2D eigenvalue weighted by molar-refractivity contribution is 8.14. The fourth-order valence-corrected chi connectivity index (χ4v) is 5.15. The third-order valence-corrected chi connectivity index (χ3v) is 6.99. The van der Waals surface area contributed by atoms with Gasteiger partial charge in [-0.25, -0.2) is 4.39 Å². The molecule has 30 heavy (non-hydrogen) atoms. The molecule has 4 rings (SSSR count). The molecule has 1 aromatic carbocycles. The summed E-state index contributed by atoms with van der Waals surface area (Å²) in [5, 5.41) is 6.04. The van der Waals surface area contributed by atoms with Crippen molar-refractivity contribution < 1.29 is 14.0 Å². The highest BCUT2D eigenvalue weighted by Crippen LogP contribution is 2.40. The Morgan fingerprint density at radius 2 is 2.07 bits per heavy atom. The van der Waals surface area contributed by atoms with E-state index >= 15 is 0 Å². The Morgan fingerprint density at radius 3 is 2.70 bits per heavy atom. The standard InChI is InChI=1S/C21H22FN3O2S2.ClH/c1-13(26)29-19-8-9-25(11-15(19)10-16-12-28-24-23-16)20(21(27)14-6-7-14)17-4-2-3-5-18(17)22;/h2-5,10,12,14,19-20H,6-9,11H2,1H3;1H/b15-10+;. The summed E-state index contributed by atoms with van der Waals surface area (Å²) in [4.78, 5) is 26.9.